The quantitative estimate of drug-likeness (QED) is 0.904. The van der Waals surface area contributed by atoms with Gasteiger partial charge < -0.3 is 15.6 Å². The van der Waals surface area contributed by atoms with E-state index in [0.29, 0.717) is 11.4 Å². The Morgan fingerprint density at radius 1 is 1.45 bits per heavy atom. The summed E-state index contributed by atoms with van der Waals surface area (Å²) in [5.41, 5.74) is 6.23. The Hall–Kier alpha value is -1.99. The summed E-state index contributed by atoms with van der Waals surface area (Å²) < 4.78 is 18.8. The van der Waals surface area contributed by atoms with Crippen LogP contribution < -0.4 is 11.1 Å². The highest BCUT2D eigenvalue weighted by atomic mass is 35.5. The lowest BCUT2D eigenvalue weighted by Gasteiger charge is -2.34. The van der Waals surface area contributed by atoms with E-state index in [2.05, 4.69) is 15.5 Å². The van der Waals surface area contributed by atoms with Crippen LogP contribution in [0.3, 0.4) is 0 Å². The molecular weight excluding hydrogens is 311 g/mol. The minimum absolute atomic E-state index is 0. The average molecular weight is 327 g/mol. The zero-order chi connectivity index (χ0) is 15.0. The molecule has 1 aromatic heterocycles. The number of amides is 1. The molecule has 3 rings (SSSR count). The van der Waals surface area contributed by atoms with Crippen LogP contribution in [0, 0.1) is 5.82 Å². The molecule has 22 heavy (non-hydrogen) atoms. The molecule has 1 aromatic carbocycles. The second kappa shape index (κ2) is 6.02. The number of anilines is 1. The maximum atomic E-state index is 13.6. The summed E-state index contributed by atoms with van der Waals surface area (Å²) in [6, 6.07) is 4.21. The third kappa shape index (κ3) is 2.95. The first-order valence-corrected chi connectivity index (χ1v) is 6.68. The first-order valence-electron chi connectivity index (χ1n) is 6.68. The van der Waals surface area contributed by atoms with Crippen LogP contribution in [0.15, 0.2) is 22.7 Å². The molecule has 0 aliphatic heterocycles. The summed E-state index contributed by atoms with van der Waals surface area (Å²) >= 11 is 0. The SMILES string of the molecule is CC(=O)Nc1cc(-c2nc(C3(N)CCC3)no2)ccc1F.Cl. The summed E-state index contributed by atoms with van der Waals surface area (Å²) in [4.78, 5) is 15.3. The van der Waals surface area contributed by atoms with Gasteiger partial charge in [-0.15, -0.1) is 12.4 Å². The fourth-order valence-corrected chi connectivity index (χ4v) is 2.27. The van der Waals surface area contributed by atoms with Crippen molar-refractivity contribution in [3.63, 3.8) is 0 Å². The van der Waals surface area contributed by atoms with Crippen molar-refractivity contribution in [2.45, 2.75) is 31.7 Å². The first kappa shape index (κ1) is 16.4. The summed E-state index contributed by atoms with van der Waals surface area (Å²) in [6.45, 7) is 1.31. The molecule has 0 atom stereocenters. The van der Waals surface area contributed by atoms with E-state index in [1.54, 1.807) is 0 Å². The maximum Gasteiger partial charge on any atom is 0.258 e. The van der Waals surface area contributed by atoms with Gasteiger partial charge in [-0.3, -0.25) is 4.79 Å². The van der Waals surface area contributed by atoms with E-state index in [1.165, 1.54) is 25.1 Å². The largest absolute Gasteiger partial charge is 0.334 e. The van der Waals surface area contributed by atoms with E-state index in [9.17, 15) is 9.18 Å². The van der Waals surface area contributed by atoms with Crippen LogP contribution in [0.2, 0.25) is 0 Å². The maximum absolute atomic E-state index is 13.6. The Labute approximate surface area is 132 Å². The van der Waals surface area contributed by atoms with E-state index >= 15 is 0 Å². The summed E-state index contributed by atoms with van der Waals surface area (Å²) in [5.74, 6) is -0.155. The monoisotopic (exact) mass is 326 g/mol. The normalized spacial score (nSPS) is 15.6. The molecule has 1 aliphatic rings. The zero-order valence-electron chi connectivity index (χ0n) is 11.9. The number of benzene rings is 1. The van der Waals surface area contributed by atoms with Gasteiger partial charge in [0.25, 0.3) is 5.89 Å². The average Bonchev–Trinajstić information content (AvgIpc) is 2.88. The molecule has 0 unspecified atom stereocenters. The fraction of sp³-hybridized carbons (Fsp3) is 0.357. The number of nitrogens with zero attached hydrogens (tertiary/aromatic N) is 2. The predicted molar refractivity (Wildman–Crippen MR) is 81.0 cm³/mol. The Morgan fingerprint density at radius 2 is 2.18 bits per heavy atom. The van der Waals surface area contributed by atoms with E-state index in [0.717, 1.165) is 19.3 Å². The Morgan fingerprint density at radius 3 is 2.77 bits per heavy atom. The minimum atomic E-state index is -0.525. The van der Waals surface area contributed by atoms with Crippen LogP contribution >= 0.6 is 12.4 Å². The van der Waals surface area contributed by atoms with Crippen molar-refractivity contribution in [3.8, 4) is 11.5 Å². The summed E-state index contributed by atoms with van der Waals surface area (Å²) in [5, 5.41) is 6.32. The molecule has 1 saturated carbocycles. The lowest BCUT2D eigenvalue weighted by molar-refractivity contribution is -0.114. The minimum Gasteiger partial charge on any atom is -0.334 e. The van der Waals surface area contributed by atoms with E-state index in [4.69, 9.17) is 10.3 Å². The molecule has 0 radical (unpaired) electrons. The third-order valence-electron chi connectivity index (χ3n) is 3.64. The lowest BCUT2D eigenvalue weighted by atomic mass is 9.77. The molecule has 0 spiro atoms. The molecule has 1 fully saturated rings. The highest BCUT2D eigenvalue weighted by molar-refractivity contribution is 5.89. The highest BCUT2D eigenvalue weighted by Crippen LogP contribution is 2.37. The van der Waals surface area contributed by atoms with E-state index < -0.39 is 11.4 Å². The second-order valence-electron chi connectivity index (χ2n) is 5.31. The van der Waals surface area contributed by atoms with E-state index in [-0.39, 0.29) is 29.9 Å². The lowest BCUT2D eigenvalue weighted by Crippen LogP contribution is -2.44. The van der Waals surface area contributed by atoms with Gasteiger partial charge in [-0.05, 0) is 37.5 Å². The Bertz CT molecular complexity index is 700. The van der Waals surface area contributed by atoms with Gasteiger partial charge in [-0.2, -0.15) is 4.98 Å². The summed E-state index contributed by atoms with van der Waals surface area (Å²) in [7, 11) is 0. The Kier molecular flexibility index (Phi) is 4.48. The molecule has 0 saturated heterocycles. The predicted octanol–water partition coefficient (Wildman–Crippen LogP) is 2.59. The van der Waals surface area contributed by atoms with Crippen LogP contribution in [0.4, 0.5) is 10.1 Å². The van der Waals surface area contributed by atoms with Crippen molar-refractivity contribution >= 4 is 24.0 Å². The zero-order valence-corrected chi connectivity index (χ0v) is 12.7. The number of nitrogens with two attached hydrogens (primary N) is 1. The van der Waals surface area contributed by atoms with Crippen molar-refractivity contribution < 1.29 is 13.7 Å². The standard InChI is InChI=1S/C14H15FN4O2.ClH/c1-8(20)17-11-7-9(3-4-10(11)15)12-18-13(19-21-12)14(16)5-2-6-14;/h3-4,7H,2,5-6,16H2,1H3,(H,17,20);1H. The number of aromatic nitrogens is 2. The molecular formula is C14H16ClFN4O2. The van der Waals surface area contributed by atoms with Gasteiger partial charge in [0, 0.05) is 12.5 Å². The van der Waals surface area contributed by atoms with Crippen LogP contribution in [0.1, 0.15) is 32.0 Å². The Balaban J connectivity index is 0.00000176. The van der Waals surface area contributed by atoms with Gasteiger partial charge in [0.1, 0.15) is 5.82 Å². The van der Waals surface area contributed by atoms with Gasteiger partial charge in [0.2, 0.25) is 5.91 Å². The highest BCUT2D eigenvalue weighted by Gasteiger charge is 2.39. The van der Waals surface area contributed by atoms with Crippen molar-refractivity contribution in [1.82, 2.24) is 10.1 Å². The van der Waals surface area contributed by atoms with Gasteiger partial charge in [0.15, 0.2) is 5.82 Å². The number of halogens is 2. The molecule has 0 bridgehead atoms. The van der Waals surface area contributed by atoms with Crippen LogP contribution in [0.25, 0.3) is 11.5 Å². The molecule has 2 aromatic rings. The topological polar surface area (TPSA) is 94.0 Å². The van der Waals surface area contributed by atoms with Crippen molar-refractivity contribution in [3.05, 3.63) is 29.8 Å². The van der Waals surface area contributed by atoms with Crippen molar-refractivity contribution in [2.24, 2.45) is 5.73 Å². The fourth-order valence-electron chi connectivity index (χ4n) is 2.27. The molecule has 8 heteroatoms. The number of rotatable bonds is 3. The number of hydrogen-bond acceptors (Lipinski definition) is 5. The molecule has 1 aliphatic carbocycles. The van der Waals surface area contributed by atoms with Gasteiger partial charge in [-0.25, -0.2) is 4.39 Å². The molecule has 1 amide bonds. The van der Waals surface area contributed by atoms with Crippen molar-refractivity contribution in [1.29, 1.82) is 0 Å². The van der Waals surface area contributed by atoms with E-state index in [1.807, 2.05) is 0 Å². The van der Waals surface area contributed by atoms with Crippen LogP contribution in [-0.2, 0) is 10.3 Å². The van der Waals surface area contributed by atoms with Gasteiger partial charge in [-0.1, -0.05) is 5.16 Å². The van der Waals surface area contributed by atoms with Crippen molar-refractivity contribution in [2.75, 3.05) is 5.32 Å². The smallest absolute Gasteiger partial charge is 0.258 e. The molecule has 3 N–H and O–H groups in total. The molecule has 1 heterocycles. The molecule has 6 nitrogen and oxygen atoms in total. The summed E-state index contributed by atoms with van der Waals surface area (Å²) in [6.07, 6.45) is 2.70. The van der Waals surface area contributed by atoms with Gasteiger partial charge in [0.05, 0.1) is 11.2 Å². The number of carbonyl (C=O) groups excluding carboxylic acids is 1. The third-order valence-corrected chi connectivity index (χ3v) is 3.64. The number of hydrogen-bond donors (Lipinski definition) is 2. The number of nitrogens with one attached hydrogen (secondary N) is 1. The first-order chi connectivity index (χ1) is 9.98. The molecule has 118 valence electrons. The van der Waals surface area contributed by atoms with Crippen LogP contribution in [0.5, 0.6) is 0 Å². The van der Waals surface area contributed by atoms with Gasteiger partial charge >= 0.3 is 0 Å². The number of carbonyl (C=O) groups is 1. The second-order valence-corrected chi connectivity index (χ2v) is 5.31. The van der Waals surface area contributed by atoms with Crippen LogP contribution in [-0.4, -0.2) is 16.0 Å².